The van der Waals surface area contributed by atoms with E-state index < -0.39 is 0 Å². The SMILES string of the molecule is Cc1cc(-c2cccnc2)ccc1Cl. The van der Waals surface area contributed by atoms with Crippen molar-refractivity contribution >= 4 is 11.6 Å². The van der Waals surface area contributed by atoms with Crippen molar-refractivity contribution in [2.75, 3.05) is 0 Å². The number of hydrogen-bond donors (Lipinski definition) is 0. The van der Waals surface area contributed by atoms with Gasteiger partial charge in [0, 0.05) is 17.4 Å². The third-order valence-corrected chi connectivity index (χ3v) is 2.58. The highest BCUT2D eigenvalue weighted by atomic mass is 35.5. The van der Waals surface area contributed by atoms with Crippen LogP contribution in [-0.4, -0.2) is 4.98 Å². The molecular weight excluding hydrogens is 194 g/mol. The van der Waals surface area contributed by atoms with Crippen molar-refractivity contribution in [3.8, 4) is 11.1 Å². The number of aryl methyl sites for hydroxylation is 1. The molecule has 0 aliphatic rings. The number of hydrogen-bond acceptors (Lipinski definition) is 1. The molecule has 0 bridgehead atoms. The van der Waals surface area contributed by atoms with Gasteiger partial charge in [0.15, 0.2) is 0 Å². The Kier molecular flexibility index (Phi) is 2.51. The Morgan fingerprint density at radius 3 is 2.64 bits per heavy atom. The maximum atomic E-state index is 5.95. The minimum atomic E-state index is 0.803. The van der Waals surface area contributed by atoms with E-state index in [0.717, 1.165) is 21.7 Å². The summed E-state index contributed by atoms with van der Waals surface area (Å²) in [6, 6.07) is 9.96. The molecule has 0 radical (unpaired) electrons. The maximum absolute atomic E-state index is 5.95. The summed E-state index contributed by atoms with van der Waals surface area (Å²) in [5, 5.41) is 0.803. The molecule has 2 heteroatoms. The van der Waals surface area contributed by atoms with E-state index in [2.05, 4.69) is 11.1 Å². The minimum Gasteiger partial charge on any atom is -0.264 e. The monoisotopic (exact) mass is 203 g/mol. The van der Waals surface area contributed by atoms with Crippen molar-refractivity contribution < 1.29 is 0 Å². The molecule has 0 amide bonds. The van der Waals surface area contributed by atoms with Crippen LogP contribution in [0.4, 0.5) is 0 Å². The summed E-state index contributed by atoms with van der Waals surface area (Å²) in [4.78, 5) is 4.08. The van der Waals surface area contributed by atoms with Crippen LogP contribution in [0, 0.1) is 6.92 Å². The zero-order valence-electron chi connectivity index (χ0n) is 7.87. The Hall–Kier alpha value is -1.34. The third-order valence-electron chi connectivity index (χ3n) is 2.15. The van der Waals surface area contributed by atoms with Gasteiger partial charge in [-0.05, 0) is 41.8 Å². The molecule has 0 aliphatic carbocycles. The van der Waals surface area contributed by atoms with Crippen LogP contribution >= 0.6 is 11.6 Å². The number of benzene rings is 1. The standard InChI is InChI=1S/C12H10ClN/c1-9-7-10(4-5-12(9)13)11-3-2-6-14-8-11/h2-8H,1H3. The van der Waals surface area contributed by atoms with Gasteiger partial charge in [-0.3, -0.25) is 4.98 Å². The number of rotatable bonds is 1. The molecule has 2 aromatic rings. The van der Waals surface area contributed by atoms with Gasteiger partial charge in [-0.1, -0.05) is 23.7 Å². The summed E-state index contributed by atoms with van der Waals surface area (Å²) in [5.41, 5.74) is 3.36. The highest BCUT2D eigenvalue weighted by Gasteiger charge is 1.99. The van der Waals surface area contributed by atoms with Gasteiger partial charge in [-0.25, -0.2) is 0 Å². The summed E-state index contributed by atoms with van der Waals surface area (Å²) in [7, 11) is 0. The normalized spacial score (nSPS) is 10.1. The van der Waals surface area contributed by atoms with Crippen LogP contribution in [-0.2, 0) is 0 Å². The molecule has 1 heterocycles. The molecule has 2 rings (SSSR count). The van der Waals surface area contributed by atoms with E-state index in [0.29, 0.717) is 0 Å². The van der Waals surface area contributed by atoms with Crippen molar-refractivity contribution in [2.45, 2.75) is 6.92 Å². The first kappa shape index (κ1) is 9.22. The lowest BCUT2D eigenvalue weighted by molar-refractivity contribution is 1.33. The molecule has 0 saturated carbocycles. The average molecular weight is 204 g/mol. The summed E-state index contributed by atoms with van der Waals surface area (Å²) in [5.74, 6) is 0. The lowest BCUT2D eigenvalue weighted by Crippen LogP contribution is -1.81. The predicted molar refractivity (Wildman–Crippen MR) is 59.4 cm³/mol. The second-order valence-electron chi connectivity index (χ2n) is 3.21. The second-order valence-corrected chi connectivity index (χ2v) is 3.61. The van der Waals surface area contributed by atoms with E-state index in [-0.39, 0.29) is 0 Å². The van der Waals surface area contributed by atoms with Crippen LogP contribution in [0.1, 0.15) is 5.56 Å². The van der Waals surface area contributed by atoms with Crippen LogP contribution in [0.2, 0.25) is 5.02 Å². The maximum Gasteiger partial charge on any atom is 0.0435 e. The van der Waals surface area contributed by atoms with Gasteiger partial charge in [-0.2, -0.15) is 0 Å². The van der Waals surface area contributed by atoms with Gasteiger partial charge in [0.25, 0.3) is 0 Å². The number of halogens is 1. The first-order valence-corrected chi connectivity index (χ1v) is 4.82. The van der Waals surface area contributed by atoms with Gasteiger partial charge in [0.1, 0.15) is 0 Å². The first-order chi connectivity index (χ1) is 6.77. The summed E-state index contributed by atoms with van der Waals surface area (Å²) < 4.78 is 0. The number of aromatic nitrogens is 1. The van der Waals surface area contributed by atoms with Crippen molar-refractivity contribution in [1.29, 1.82) is 0 Å². The molecule has 0 atom stereocenters. The molecule has 1 aromatic heterocycles. The molecule has 0 N–H and O–H groups in total. The Morgan fingerprint density at radius 1 is 1.14 bits per heavy atom. The largest absolute Gasteiger partial charge is 0.264 e. The van der Waals surface area contributed by atoms with E-state index in [1.807, 2.05) is 37.4 Å². The summed E-state index contributed by atoms with van der Waals surface area (Å²) in [6.07, 6.45) is 3.62. The van der Waals surface area contributed by atoms with Crippen LogP contribution in [0.5, 0.6) is 0 Å². The van der Waals surface area contributed by atoms with E-state index in [1.165, 1.54) is 0 Å². The quantitative estimate of drug-likeness (QED) is 0.689. The fourth-order valence-corrected chi connectivity index (χ4v) is 1.48. The molecule has 0 saturated heterocycles. The molecule has 14 heavy (non-hydrogen) atoms. The van der Waals surface area contributed by atoms with Gasteiger partial charge in [-0.15, -0.1) is 0 Å². The highest BCUT2D eigenvalue weighted by Crippen LogP contribution is 2.23. The molecule has 0 unspecified atom stereocenters. The van der Waals surface area contributed by atoms with Gasteiger partial charge in [0.05, 0.1) is 0 Å². The fraction of sp³-hybridized carbons (Fsp3) is 0.0833. The Morgan fingerprint density at radius 2 is 2.00 bits per heavy atom. The smallest absolute Gasteiger partial charge is 0.0435 e. The molecule has 1 aromatic carbocycles. The Labute approximate surface area is 88.4 Å². The first-order valence-electron chi connectivity index (χ1n) is 4.44. The van der Waals surface area contributed by atoms with E-state index in [9.17, 15) is 0 Å². The van der Waals surface area contributed by atoms with Gasteiger partial charge < -0.3 is 0 Å². The lowest BCUT2D eigenvalue weighted by Gasteiger charge is -2.03. The van der Waals surface area contributed by atoms with Gasteiger partial charge >= 0.3 is 0 Å². The van der Waals surface area contributed by atoms with Crippen molar-refractivity contribution in [3.63, 3.8) is 0 Å². The summed E-state index contributed by atoms with van der Waals surface area (Å²) >= 11 is 5.95. The molecule has 0 spiro atoms. The van der Waals surface area contributed by atoms with E-state index in [4.69, 9.17) is 11.6 Å². The Balaban J connectivity index is 2.48. The highest BCUT2D eigenvalue weighted by molar-refractivity contribution is 6.31. The molecule has 1 nitrogen and oxygen atoms in total. The van der Waals surface area contributed by atoms with Crippen LogP contribution in [0.25, 0.3) is 11.1 Å². The zero-order valence-corrected chi connectivity index (χ0v) is 8.62. The number of nitrogens with zero attached hydrogens (tertiary/aromatic N) is 1. The average Bonchev–Trinajstić information content (AvgIpc) is 2.23. The Bertz CT molecular complexity index is 437. The van der Waals surface area contributed by atoms with Crippen LogP contribution in [0.3, 0.4) is 0 Å². The number of pyridine rings is 1. The van der Waals surface area contributed by atoms with Crippen LogP contribution in [0.15, 0.2) is 42.7 Å². The molecule has 0 aliphatic heterocycles. The second kappa shape index (κ2) is 3.81. The third kappa shape index (κ3) is 1.78. The molecule has 70 valence electrons. The van der Waals surface area contributed by atoms with Crippen molar-refractivity contribution in [2.24, 2.45) is 0 Å². The van der Waals surface area contributed by atoms with E-state index in [1.54, 1.807) is 6.20 Å². The molecular formula is C12H10ClN. The van der Waals surface area contributed by atoms with Crippen LogP contribution < -0.4 is 0 Å². The van der Waals surface area contributed by atoms with Crippen molar-refractivity contribution in [3.05, 3.63) is 53.3 Å². The van der Waals surface area contributed by atoms with Gasteiger partial charge in [0.2, 0.25) is 0 Å². The predicted octanol–water partition coefficient (Wildman–Crippen LogP) is 3.71. The lowest BCUT2D eigenvalue weighted by atomic mass is 10.1. The van der Waals surface area contributed by atoms with E-state index >= 15 is 0 Å². The van der Waals surface area contributed by atoms with Crippen molar-refractivity contribution in [1.82, 2.24) is 4.98 Å². The topological polar surface area (TPSA) is 12.9 Å². The molecule has 0 fully saturated rings. The zero-order chi connectivity index (χ0) is 9.97. The fourth-order valence-electron chi connectivity index (χ4n) is 1.36. The summed E-state index contributed by atoms with van der Waals surface area (Å²) in [6.45, 7) is 2.00. The minimum absolute atomic E-state index is 0.803.